The fourth-order valence-electron chi connectivity index (χ4n) is 5.17. The Morgan fingerprint density at radius 2 is 1.81 bits per heavy atom. The van der Waals surface area contributed by atoms with Gasteiger partial charge in [0.05, 0.1) is 11.3 Å². The Hall–Kier alpha value is -3.45. The van der Waals surface area contributed by atoms with Crippen LogP contribution in [0.1, 0.15) is 35.8 Å². The molecule has 0 unspecified atom stereocenters. The molecule has 7 nitrogen and oxygen atoms in total. The highest BCUT2D eigenvalue weighted by Crippen LogP contribution is 2.41. The maximum Gasteiger partial charge on any atom is 0.255 e. The number of fused-ring (bicyclic) bond motifs is 1. The molecule has 3 aromatic rings. The van der Waals surface area contributed by atoms with E-state index < -0.39 is 0 Å². The Balaban J connectivity index is 1.14. The number of hydrogen-bond acceptors (Lipinski definition) is 5. The molecule has 0 spiro atoms. The molecule has 1 amide bonds. The highest BCUT2D eigenvalue weighted by molar-refractivity contribution is 5.96. The van der Waals surface area contributed by atoms with E-state index in [9.17, 15) is 4.79 Å². The molecule has 0 aliphatic carbocycles. The second-order valence-corrected chi connectivity index (χ2v) is 9.57. The molecule has 1 N–H and O–H groups in total. The van der Waals surface area contributed by atoms with Gasteiger partial charge in [-0.05, 0) is 50.1 Å². The van der Waals surface area contributed by atoms with Crippen LogP contribution in [0.25, 0.3) is 11.3 Å². The standard InChI is InChI=1S/C29H36N4O3/c1-3-13-33(29(34)24-20-25(30-22(24)2)23-9-5-4-6-10-23)15-8-14-31-16-18-32(19-17-31)26-11-7-12-27-28(26)36-21-35-27/h4-7,9-12,20,30H,3,8,13-19,21H2,1-2H3. The van der Waals surface area contributed by atoms with Gasteiger partial charge >= 0.3 is 0 Å². The van der Waals surface area contributed by atoms with Crippen molar-refractivity contribution < 1.29 is 14.3 Å². The van der Waals surface area contributed by atoms with Gasteiger partial charge in [-0.25, -0.2) is 0 Å². The SMILES string of the molecule is CCCN(CCCN1CCN(c2cccc3c2OCO3)CC1)C(=O)c1cc(-c2ccccc2)[nH]c1C. The molecule has 2 aliphatic heterocycles. The van der Waals surface area contributed by atoms with Crippen LogP contribution in [-0.2, 0) is 0 Å². The van der Waals surface area contributed by atoms with E-state index in [-0.39, 0.29) is 5.91 Å². The number of piperazine rings is 1. The topological polar surface area (TPSA) is 61.0 Å². The van der Waals surface area contributed by atoms with Crippen molar-refractivity contribution in [3.63, 3.8) is 0 Å². The molecule has 2 aliphatic rings. The van der Waals surface area contributed by atoms with Gasteiger partial charge in [0.1, 0.15) is 0 Å². The number of aryl methyl sites for hydroxylation is 1. The highest BCUT2D eigenvalue weighted by Gasteiger charge is 2.25. The van der Waals surface area contributed by atoms with Crippen LogP contribution in [0.5, 0.6) is 11.5 Å². The van der Waals surface area contributed by atoms with E-state index in [0.29, 0.717) is 6.79 Å². The lowest BCUT2D eigenvalue weighted by Gasteiger charge is -2.36. The smallest absolute Gasteiger partial charge is 0.255 e. The molecule has 1 fully saturated rings. The second-order valence-electron chi connectivity index (χ2n) is 9.57. The van der Waals surface area contributed by atoms with Crippen molar-refractivity contribution >= 4 is 11.6 Å². The minimum Gasteiger partial charge on any atom is -0.454 e. The molecule has 1 aromatic heterocycles. The monoisotopic (exact) mass is 488 g/mol. The molecule has 36 heavy (non-hydrogen) atoms. The third kappa shape index (κ3) is 5.21. The van der Waals surface area contributed by atoms with Gasteiger partial charge in [0.15, 0.2) is 11.5 Å². The van der Waals surface area contributed by atoms with Gasteiger partial charge in [-0.1, -0.05) is 43.3 Å². The zero-order chi connectivity index (χ0) is 24.9. The van der Waals surface area contributed by atoms with Crippen LogP contribution in [0.3, 0.4) is 0 Å². The van der Waals surface area contributed by atoms with E-state index in [2.05, 4.69) is 39.9 Å². The largest absolute Gasteiger partial charge is 0.454 e. The maximum atomic E-state index is 13.4. The number of carbonyl (C=O) groups is 1. The Labute approximate surface area is 213 Å². The Morgan fingerprint density at radius 1 is 1.00 bits per heavy atom. The van der Waals surface area contributed by atoms with Crippen LogP contribution in [0.4, 0.5) is 5.69 Å². The van der Waals surface area contributed by atoms with Crippen LogP contribution >= 0.6 is 0 Å². The van der Waals surface area contributed by atoms with Crippen molar-refractivity contribution in [2.45, 2.75) is 26.7 Å². The molecule has 0 saturated carbocycles. The summed E-state index contributed by atoms with van der Waals surface area (Å²) in [5, 5.41) is 0. The van der Waals surface area contributed by atoms with E-state index in [1.54, 1.807) is 0 Å². The summed E-state index contributed by atoms with van der Waals surface area (Å²) >= 11 is 0. The quantitative estimate of drug-likeness (QED) is 0.470. The predicted octanol–water partition coefficient (Wildman–Crippen LogP) is 4.78. The normalized spacial score (nSPS) is 15.3. The molecule has 3 heterocycles. The van der Waals surface area contributed by atoms with Crippen LogP contribution < -0.4 is 14.4 Å². The van der Waals surface area contributed by atoms with E-state index in [1.165, 1.54) is 0 Å². The van der Waals surface area contributed by atoms with E-state index in [4.69, 9.17) is 9.47 Å². The minimum absolute atomic E-state index is 0.123. The summed E-state index contributed by atoms with van der Waals surface area (Å²) in [6.45, 7) is 10.9. The van der Waals surface area contributed by atoms with E-state index in [1.807, 2.05) is 48.2 Å². The summed E-state index contributed by atoms with van der Waals surface area (Å²) in [5.74, 6) is 1.83. The van der Waals surface area contributed by atoms with Crippen molar-refractivity contribution in [3.8, 4) is 22.8 Å². The van der Waals surface area contributed by atoms with Crippen molar-refractivity contribution in [2.75, 3.05) is 57.5 Å². The van der Waals surface area contributed by atoms with Crippen molar-refractivity contribution in [3.05, 3.63) is 65.9 Å². The molecule has 0 atom stereocenters. The third-order valence-electron chi connectivity index (χ3n) is 7.10. The fourth-order valence-corrected chi connectivity index (χ4v) is 5.17. The second kappa shape index (κ2) is 11.1. The number of rotatable bonds is 9. The van der Waals surface area contributed by atoms with Gasteiger partial charge in [-0.15, -0.1) is 0 Å². The number of para-hydroxylation sites is 1. The van der Waals surface area contributed by atoms with Crippen LogP contribution in [0.15, 0.2) is 54.6 Å². The van der Waals surface area contributed by atoms with Crippen LogP contribution in [0, 0.1) is 6.92 Å². The first kappa shape index (κ1) is 24.3. The lowest BCUT2D eigenvalue weighted by molar-refractivity contribution is 0.0746. The number of nitrogens with zero attached hydrogens (tertiary/aromatic N) is 3. The number of H-pyrrole nitrogens is 1. The summed E-state index contributed by atoms with van der Waals surface area (Å²) in [6, 6.07) is 18.3. The zero-order valence-electron chi connectivity index (χ0n) is 21.3. The number of aromatic nitrogens is 1. The Morgan fingerprint density at radius 3 is 2.58 bits per heavy atom. The van der Waals surface area contributed by atoms with Gasteiger partial charge in [0.2, 0.25) is 6.79 Å². The van der Waals surface area contributed by atoms with Gasteiger partial charge in [0, 0.05) is 50.7 Å². The average Bonchev–Trinajstić information content (AvgIpc) is 3.55. The van der Waals surface area contributed by atoms with Gasteiger partial charge in [0.25, 0.3) is 5.91 Å². The molecule has 7 heteroatoms. The highest BCUT2D eigenvalue weighted by atomic mass is 16.7. The summed E-state index contributed by atoms with van der Waals surface area (Å²) in [7, 11) is 0. The van der Waals surface area contributed by atoms with E-state index in [0.717, 1.165) is 98.4 Å². The zero-order valence-corrected chi connectivity index (χ0v) is 21.3. The number of hydrogen-bond donors (Lipinski definition) is 1. The number of carbonyl (C=O) groups excluding carboxylic acids is 1. The number of benzene rings is 2. The van der Waals surface area contributed by atoms with Gasteiger partial charge in [-0.3, -0.25) is 9.69 Å². The molecule has 0 bridgehead atoms. The summed E-state index contributed by atoms with van der Waals surface area (Å²) in [4.78, 5) is 23.7. The maximum absolute atomic E-state index is 13.4. The number of amides is 1. The Bertz CT molecular complexity index is 1170. The van der Waals surface area contributed by atoms with Gasteiger partial charge < -0.3 is 24.3 Å². The predicted molar refractivity (Wildman–Crippen MR) is 143 cm³/mol. The first-order chi connectivity index (χ1) is 17.6. The van der Waals surface area contributed by atoms with Crippen molar-refractivity contribution in [1.29, 1.82) is 0 Å². The number of ether oxygens (including phenoxy) is 2. The molecule has 5 rings (SSSR count). The van der Waals surface area contributed by atoms with Crippen LogP contribution in [-0.4, -0.2) is 73.3 Å². The fraction of sp³-hybridized carbons (Fsp3) is 0.414. The van der Waals surface area contributed by atoms with Crippen LogP contribution in [0.2, 0.25) is 0 Å². The molecular weight excluding hydrogens is 452 g/mol. The summed E-state index contributed by atoms with van der Waals surface area (Å²) in [5.41, 5.74) is 4.92. The van der Waals surface area contributed by atoms with E-state index >= 15 is 0 Å². The molecule has 2 aromatic carbocycles. The lowest BCUT2D eigenvalue weighted by atomic mass is 10.1. The molecule has 190 valence electrons. The van der Waals surface area contributed by atoms with Crippen molar-refractivity contribution in [1.82, 2.24) is 14.8 Å². The number of anilines is 1. The number of aromatic amines is 1. The first-order valence-electron chi connectivity index (χ1n) is 13.0. The molecular formula is C29H36N4O3. The van der Waals surface area contributed by atoms with Crippen molar-refractivity contribution in [2.24, 2.45) is 0 Å². The molecule has 0 radical (unpaired) electrons. The minimum atomic E-state index is 0.123. The number of nitrogens with one attached hydrogen (secondary N) is 1. The lowest BCUT2D eigenvalue weighted by Crippen LogP contribution is -2.47. The third-order valence-corrected chi connectivity index (χ3v) is 7.10. The Kier molecular flexibility index (Phi) is 7.47. The first-order valence-corrected chi connectivity index (χ1v) is 13.0. The van der Waals surface area contributed by atoms with Gasteiger partial charge in [-0.2, -0.15) is 0 Å². The summed E-state index contributed by atoms with van der Waals surface area (Å²) < 4.78 is 11.2. The average molecular weight is 489 g/mol. The summed E-state index contributed by atoms with van der Waals surface area (Å²) in [6.07, 6.45) is 1.92. The molecule has 1 saturated heterocycles.